The Morgan fingerprint density at radius 3 is 2.82 bits per heavy atom. The van der Waals surface area contributed by atoms with Crippen LogP contribution in [0.4, 0.5) is 0 Å². The van der Waals surface area contributed by atoms with Crippen LogP contribution in [0.5, 0.6) is 17.4 Å². The number of carbonyl (C=O) groups excluding carboxylic acids is 1. The second kappa shape index (κ2) is 9.74. The van der Waals surface area contributed by atoms with E-state index in [9.17, 15) is 4.79 Å². The molecule has 1 aromatic carbocycles. The fraction of sp³-hybridized carbons (Fsp3) is 0.286. The second-order valence-corrected chi connectivity index (χ2v) is 9.69. The van der Waals surface area contributed by atoms with Gasteiger partial charge in [-0.3, -0.25) is 9.78 Å². The van der Waals surface area contributed by atoms with Crippen LogP contribution in [0, 0.1) is 0 Å². The first kappa shape index (κ1) is 24.4. The number of aromatic nitrogens is 2. The number of halogens is 1. The third-order valence-corrected chi connectivity index (χ3v) is 7.19. The van der Waals surface area contributed by atoms with Crippen LogP contribution < -0.4 is 15.2 Å². The largest absolute Gasteiger partial charge is 0.478 e. The Balaban J connectivity index is 1.47. The quantitative estimate of drug-likeness (QED) is 0.479. The number of aliphatic imine (C=N–C) groups is 1. The summed E-state index contributed by atoms with van der Waals surface area (Å²) in [6, 6.07) is 11.0. The van der Waals surface area contributed by atoms with E-state index in [-0.39, 0.29) is 18.2 Å². The lowest BCUT2D eigenvalue weighted by Gasteiger charge is -2.39. The van der Waals surface area contributed by atoms with Crippen molar-refractivity contribution in [2.75, 3.05) is 26.9 Å². The molecule has 6 rings (SSSR count). The van der Waals surface area contributed by atoms with Gasteiger partial charge in [0.15, 0.2) is 11.5 Å². The molecular formula is C28H25ClN4O5. The number of ketones is 1. The third-order valence-electron chi connectivity index (χ3n) is 6.97. The number of nitrogens with zero attached hydrogens (tertiary/aromatic N) is 3. The fourth-order valence-electron chi connectivity index (χ4n) is 5.12. The molecule has 0 saturated carbocycles. The molecule has 0 fully saturated rings. The monoisotopic (exact) mass is 532 g/mol. The molecule has 3 aliphatic heterocycles. The lowest BCUT2D eigenvalue weighted by molar-refractivity contribution is 0.0988. The van der Waals surface area contributed by atoms with E-state index in [2.05, 4.69) is 4.98 Å². The molecule has 0 radical (unpaired) electrons. The Bertz CT molecular complexity index is 1490. The van der Waals surface area contributed by atoms with E-state index in [1.165, 1.54) is 6.20 Å². The van der Waals surface area contributed by atoms with Crippen molar-refractivity contribution in [1.82, 2.24) is 9.97 Å². The number of hydrogen-bond acceptors (Lipinski definition) is 9. The first-order valence-corrected chi connectivity index (χ1v) is 12.7. The molecule has 0 saturated heterocycles. The van der Waals surface area contributed by atoms with Gasteiger partial charge in [0.2, 0.25) is 0 Å². The van der Waals surface area contributed by atoms with Gasteiger partial charge in [0.1, 0.15) is 17.0 Å². The third kappa shape index (κ3) is 4.27. The summed E-state index contributed by atoms with van der Waals surface area (Å²) < 4.78 is 23.1. The molecule has 3 aromatic rings. The van der Waals surface area contributed by atoms with E-state index in [4.69, 9.17) is 46.3 Å². The summed E-state index contributed by atoms with van der Waals surface area (Å²) in [6.45, 7) is 1.51. The summed E-state index contributed by atoms with van der Waals surface area (Å²) in [5.74, 6) is 1.32. The standard InChI is InChI=1S/C28H25ClN4O5/c1-35-26-25-20(14-22(32-26)17-6-9-36-10-7-17)28(8-11-37-27(30)33-28)19-12-16(2-5-24(19)38-25)13-23(34)21-4-3-18(29)15-31-21/h2-6,12,14-15H,7-11,13H2,1H3,(H2,30,33)/t28-/m0/s1. The first-order chi connectivity index (χ1) is 18.5. The first-order valence-electron chi connectivity index (χ1n) is 12.3. The average molecular weight is 533 g/mol. The van der Waals surface area contributed by atoms with E-state index < -0.39 is 5.54 Å². The van der Waals surface area contributed by atoms with Crippen LogP contribution in [0.15, 0.2) is 53.7 Å². The van der Waals surface area contributed by atoms with Gasteiger partial charge in [-0.1, -0.05) is 23.7 Å². The zero-order valence-corrected chi connectivity index (χ0v) is 21.5. The summed E-state index contributed by atoms with van der Waals surface area (Å²) >= 11 is 5.93. The number of Topliss-reactive ketones (excluding diaryl/α,β-unsaturated/α-hetero) is 1. The molecule has 2 aromatic heterocycles. The highest BCUT2D eigenvalue weighted by molar-refractivity contribution is 6.30. The van der Waals surface area contributed by atoms with Gasteiger partial charge < -0.3 is 24.7 Å². The van der Waals surface area contributed by atoms with E-state index >= 15 is 0 Å². The van der Waals surface area contributed by atoms with Crippen LogP contribution >= 0.6 is 11.6 Å². The number of ether oxygens (including phenoxy) is 4. The number of methoxy groups -OCH3 is 1. The molecule has 194 valence electrons. The predicted molar refractivity (Wildman–Crippen MR) is 141 cm³/mol. The number of fused-ring (bicyclic) bond motifs is 4. The Morgan fingerprint density at radius 2 is 2.08 bits per heavy atom. The summed E-state index contributed by atoms with van der Waals surface area (Å²) in [5, 5.41) is 0.476. The van der Waals surface area contributed by atoms with Gasteiger partial charge in [-0.05, 0) is 47.9 Å². The Labute approximate surface area is 224 Å². The minimum atomic E-state index is -0.903. The molecule has 2 N–H and O–H groups in total. The van der Waals surface area contributed by atoms with Crippen LogP contribution in [0.3, 0.4) is 0 Å². The number of benzene rings is 1. The molecule has 0 unspecified atom stereocenters. The minimum Gasteiger partial charge on any atom is -0.478 e. The number of pyridine rings is 2. The minimum absolute atomic E-state index is 0.0875. The van der Waals surface area contributed by atoms with E-state index in [1.54, 1.807) is 19.2 Å². The van der Waals surface area contributed by atoms with Gasteiger partial charge in [0.05, 0.1) is 37.6 Å². The highest BCUT2D eigenvalue weighted by Gasteiger charge is 2.46. The number of amidine groups is 1. The summed E-state index contributed by atoms with van der Waals surface area (Å²) in [5.41, 5.74) is 9.82. The van der Waals surface area contributed by atoms with Crippen LogP contribution in [0.25, 0.3) is 5.57 Å². The molecular weight excluding hydrogens is 508 g/mol. The van der Waals surface area contributed by atoms with Crippen LogP contribution in [-0.2, 0) is 21.4 Å². The predicted octanol–water partition coefficient (Wildman–Crippen LogP) is 4.45. The van der Waals surface area contributed by atoms with Crippen LogP contribution in [-0.4, -0.2) is 48.7 Å². The number of carbonyl (C=O) groups is 1. The van der Waals surface area contributed by atoms with Crippen molar-refractivity contribution in [2.24, 2.45) is 10.7 Å². The van der Waals surface area contributed by atoms with E-state index in [0.717, 1.165) is 34.4 Å². The highest BCUT2D eigenvalue weighted by Crippen LogP contribution is 2.55. The molecule has 10 heteroatoms. The van der Waals surface area contributed by atoms with Gasteiger partial charge in [-0.15, -0.1) is 0 Å². The van der Waals surface area contributed by atoms with Crippen molar-refractivity contribution in [3.63, 3.8) is 0 Å². The maximum atomic E-state index is 13.0. The second-order valence-electron chi connectivity index (χ2n) is 9.25. The number of nitrogens with two attached hydrogens (primary N) is 1. The SMILES string of the molecule is COc1nc(C2=CCOCC2)cc2c1Oc1ccc(CC(=O)c3ccc(Cl)cn3)cc1[C@@]21CCOC(N)=N1. The molecule has 1 spiro atoms. The molecule has 3 aliphatic rings. The van der Waals surface area contributed by atoms with Crippen molar-refractivity contribution < 1.29 is 23.7 Å². The van der Waals surface area contributed by atoms with Crippen molar-refractivity contribution >= 4 is 29.0 Å². The van der Waals surface area contributed by atoms with Crippen molar-refractivity contribution in [2.45, 2.75) is 24.8 Å². The summed E-state index contributed by atoms with van der Waals surface area (Å²) in [4.78, 5) is 26.7. The average Bonchev–Trinajstić information content (AvgIpc) is 2.94. The molecule has 0 aliphatic carbocycles. The number of rotatable bonds is 5. The van der Waals surface area contributed by atoms with E-state index in [1.807, 2.05) is 30.3 Å². The lowest BCUT2D eigenvalue weighted by Crippen LogP contribution is -2.39. The smallest absolute Gasteiger partial charge is 0.283 e. The molecule has 9 nitrogen and oxygen atoms in total. The number of hydrogen-bond donors (Lipinski definition) is 1. The maximum absolute atomic E-state index is 13.0. The van der Waals surface area contributed by atoms with Gasteiger partial charge >= 0.3 is 0 Å². The molecule has 0 amide bonds. The van der Waals surface area contributed by atoms with Gasteiger partial charge in [0.25, 0.3) is 11.9 Å². The van der Waals surface area contributed by atoms with Crippen molar-refractivity contribution in [3.05, 3.63) is 81.8 Å². The fourth-order valence-corrected chi connectivity index (χ4v) is 5.23. The normalized spacial score (nSPS) is 19.8. The Kier molecular flexibility index (Phi) is 6.25. The van der Waals surface area contributed by atoms with E-state index in [0.29, 0.717) is 54.3 Å². The topological polar surface area (TPSA) is 118 Å². The summed E-state index contributed by atoms with van der Waals surface area (Å²) in [7, 11) is 1.57. The zero-order valence-electron chi connectivity index (χ0n) is 20.7. The van der Waals surface area contributed by atoms with Gasteiger partial charge in [-0.25, -0.2) is 9.98 Å². The molecule has 5 heterocycles. The molecule has 0 bridgehead atoms. The van der Waals surface area contributed by atoms with Crippen molar-refractivity contribution in [3.8, 4) is 17.4 Å². The molecule has 1 atom stereocenters. The van der Waals surface area contributed by atoms with Gasteiger partial charge in [-0.2, -0.15) is 0 Å². The molecule has 38 heavy (non-hydrogen) atoms. The van der Waals surface area contributed by atoms with Crippen molar-refractivity contribution in [1.29, 1.82) is 0 Å². The maximum Gasteiger partial charge on any atom is 0.283 e. The Morgan fingerprint density at radius 1 is 1.18 bits per heavy atom. The lowest BCUT2D eigenvalue weighted by atomic mass is 9.77. The Hall–Kier alpha value is -3.95. The zero-order chi connectivity index (χ0) is 26.3. The van der Waals surface area contributed by atoms with Crippen LogP contribution in [0.2, 0.25) is 5.02 Å². The van der Waals surface area contributed by atoms with Crippen LogP contribution in [0.1, 0.15) is 45.7 Å². The van der Waals surface area contributed by atoms with Gasteiger partial charge in [0, 0.05) is 30.2 Å². The highest BCUT2D eigenvalue weighted by atomic mass is 35.5. The summed E-state index contributed by atoms with van der Waals surface area (Å²) in [6.07, 6.45) is 4.89.